The van der Waals surface area contributed by atoms with Crippen LogP contribution in [0.1, 0.15) is 52.4 Å². The van der Waals surface area contributed by atoms with Crippen molar-refractivity contribution in [3.8, 4) is 0 Å². The van der Waals surface area contributed by atoms with Crippen LogP contribution in [-0.4, -0.2) is 31.9 Å². The third-order valence-corrected chi connectivity index (χ3v) is 7.62. The molecule has 0 radical (unpaired) electrons. The molecule has 5 heteroatoms. The summed E-state index contributed by atoms with van der Waals surface area (Å²) in [5.74, 6) is 0.588. The molecular weight excluding hydrogens is 332 g/mol. The van der Waals surface area contributed by atoms with Gasteiger partial charge in [0, 0.05) is 23.7 Å². The maximum atomic E-state index is 12.3. The van der Waals surface area contributed by atoms with Crippen molar-refractivity contribution in [1.29, 1.82) is 0 Å². The number of allylic oxidation sites excluding steroid dienone is 1. The fourth-order valence-corrected chi connectivity index (χ4v) is 5.86. The lowest BCUT2D eigenvalue weighted by Gasteiger charge is -2.56. The third-order valence-electron chi connectivity index (χ3n) is 7.62. The molecule has 5 atom stereocenters. The van der Waals surface area contributed by atoms with Gasteiger partial charge in [-0.3, -0.25) is 0 Å². The highest BCUT2D eigenvalue weighted by molar-refractivity contribution is 5.92. The number of ether oxygens (including phenoxy) is 3. The summed E-state index contributed by atoms with van der Waals surface area (Å²) >= 11 is 0. The van der Waals surface area contributed by atoms with E-state index in [9.17, 15) is 9.59 Å². The Balaban J connectivity index is 1.59. The van der Waals surface area contributed by atoms with Crippen LogP contribution in [0.3, 0.4) is 0 Å². The van der Waals surface area contributed by atoms with E-state index in [1.807, 2.05) is 0 Å². The lowest BCUT2D eigenvalue weighted by atomic mass is 9.47. The smallest absolute Gasteiger partial charge is 0.336 e. The van der Waals surface area contributed by atoms with Crippen LogP contribution in [0.2, 0.25) is 0 Å². The zero-order valence-electron chi connectivity index (χ0n) is 15.9. The molecule has 2 fully saturated rings. The average Bonchev–Trinajstić information content (AvgIpc) is 3.17. The van der Waals surface area contributed by atoms with E-state index < -0.39 is 6.29 Å². The molecule has 142 valence electrons. The van der Waals surface area contributed by atoms with Crippen molar-refractivity contribution < 1.29 is 23.8 Å². The van der Waals surface area contributed by atoms with Gasteiger partial charge in [-0.15, -0.1) is 0 Å². The van der Waals surface area contributed by atoms with E-state index in [0.29, 0.717) is 24.9 Å². The Morgan fingerprint density at radius 1 is 1.27 bits per heavy atom. The normalized spacial score (nSPS) is 41.7. The number of hydrogen-bond acceptors (Lipinski definition) is 5. The summed E-state index contributed by atoms with van der Waals surface area (Å²) in [7, 11) is 1.54. The van der Waals surface area contributed by atoms with Crippen molar-refractivity contribution >= 4 is 11.9 Å². The number of carbonyl (C=O) groups excluding carboxylic acids is 2. The molecule has 2 aliphatic carbocycles. The summed E-state index contributed by atoms with van der Waals surface area (Å²) in [6, 6.07) is 0. The molecule has 1 spiro atoms. The molecule has 0 N–H and O–H groups in total. The highest BCUT2D eigenvalue weighted by Crippen LogP contribution is 2.64. The van der Waals surface area contributed by atoms with Crippen molar-refractivity contribution in [2.24, 2.45) is 22.7 Å². The van der Waals surface area contributed by atoms with Crippen LogP contribution >= 0.6 is 0 Å². The summed E-state index contributed by atoms with van der Waals surface area (Å²) in [4.78, 5) is 24.3. The molecule has 2 heterocycles. The molecule has 26 heavy (non-hydrogen) atoms. The number of cyclic esters (lactones) is 2. The van der Waals surface area contributed by atoms with Crippen molar-refractivity contribution in [3.63, 3.8) is 0 Å². The van der Waals surface area contributed by atoms with Gasteiger partial charge in [0.2, 0.25) is 6.29 Å². The molecule has 0 unspecified atom stereocenters. The van der Waals surface area contributed by atoms with Crippen LogP contribution in [0, 0.1) is 22.7 Å². The van der Waals surface area contributed by atoms with Gasteiger partial charge in [-0.1, -0.05) is 19.9 Å². The summed E-state index contributed by atoms with van der Waals surface area (Å²) in [6.07, 6.45) is 9.12. The lowest BCUT2D eigenvalue weighted by molar-refractivity contribution is -0.155. The molecule has 2 aliphatic heterocycles. The Hall–Kier alpha value is -1.62. The molecule has 0 aromatic heterocycles. The lowest BCUT2D eigenvalue weighted by Crippen LogP contribution is -2.51. The second-order valence-corrected chi connectivity index (χ2v) is 8.63. The van der Waals surface area contributed by atoms with Gasteiger partial charge in [0.15, 0.2) is 0 Å². The van der Waals surface area contributed by atoms with Gasteiger partial charge in [-0.05, 0) is 61.9 Å². The molecule has 5 nitrogen and oxygen atoms in total. The molecule has 0 aromatic carbocycles. The minimum Gasteiger partial charge on any atom is -0.461 e. The first-order valence-corrected chi connectivity index (χ1v) is 9.73. The van der Waals surface area contributed by atoms with Crippen LogP contribution in [0.5, 0.6) is 0 Å². The van der Waals surface area contributed by atoms with E-state index in [4.69, 9.17) is 14.2 Å². The standard InChI is InChI=1S/C21H28O5/c1-13-7-10-21-12-25-19(23)15(21)5-4-6-16(21)20(13,2)9-8-14-11-17(24-3)26-18(14)22/h5,11,13,16-17H,4,6-10,12H2,1-3H3/t13-,16-,17+,20+,21-/m1/s1. The van der Waals surface area contributed by atoms with Crippen molar-refractivity contribution in [1.82, 2.24) is 0 Å². The van der Waals surface area contributed by atoms with Crippen LogP contribution in [0.15, 0.2) is 23.3 Å². The van der Waals surface area contributed by atoms with Gasteiger partial charge in [-0.25, -0.2) is 9.59 Å². The number of rotatable bonds is 4. The van der Waals surface area contributed by atoms with Crippen LogP contribution < -0.4 is 0 Å². The first-order valence-electron chi connectivity index (χ1n) is 9.73. The first-order chi connectivity index (χ1) is 12.4. The monoisotopic (exact) mass is 360 g/mol. The van der Waals surface area contributed by atoms with Gasteiger partial charge in [0.1, 0.15) is 6.61 Å². The third kappa shape index (κ3) is 2.47. The number of methoxy groups -OCH3 is 1. The molecule has 0 aromatic rings. The van der Waals surface area contributed by atoms with Crippen molar-refractivity contribution in [3.05, 3.63) is 23.3 Å². The van der Waals surface area contributed by atoms with E-state index in [-0.39, 0.29) is 22.8 Å². The Labute approximate surface area is 154 Å². The zero-order valence-corrected chi connectivity index (χ0v) is 15.9. The molecule has 4 rings (SSSR count). The SMILES string of the molecule is CO[C@@H]1C=C(CC[C@@]2(C)[C@H](C)CC[C@@]34COC(=O)C3=CCC[C@@H]42)C(=O)O1. The van der Waals surface area contributed by atoms with Crippen LogP contribution in [-0.2, 0) is 23.8 Å². The van der Waals surface area contributed by atoms with E-state index in [1.165, 1.54) is 0 Å². The average molecular weight is 360 g/mol. The summed E-state index contributed by atoms with van der Waals surface area (Å²) in [6.45, 7) is 5.20. The van der Waals surface area contributed by atoms with E-state index in [2.05, 4.69) is 19.9 Å². The molecular formula is C21H28O5. The summed E-state index contributed by atoms with van der Waals surface area (Å²) in [5.41, 5.74) is 1.59. The Bertz CT molecular complexity index is 693. The predicted octanol–water partition coefficient (Wildman–Crippen LogP) is 3.54. The Morgan fingerprint density at radius 3 is 2.81 bits per heavy atom. The van der Waals surface area contributed by atoms with Gasteiger partial charge in [0.25, 0.3) is 0 Å². The minimum atomic E-state index is -0.550. The van der Waals surface area contributed by atoms with Gasteiger partial charge >= 0.3 is 11.9 Å². The largest absolute Gasteiger partial charge is 0.461 e. The predicted molar refractivity (Wildman–Crippen MR) is 94.9 cm³/mol. The fraction of sp³-hybridized carbons (Fsp3) is 0.714. The number of hydrogen-bond donors (Lipinski definition) is 0. The maximum Gasteiger partial charge on any atom is 0.336 e. The van der Waals surface area contributed by atoms with E-state index in [1.54, 1.807) is 13.2 Å². The first kappa shape index (κ1) is 17.8. The highest BCUT2D eigenvalue weighted by Gasteiger charge is 2.60. The van der Waals surface area contributed by atoms with Crippen molar-refractivity contribution in [2.75, 3.05) is 13.7 Å². The Kier molecular flexibility index (Phi) is 4.25. The van der Waals surface area contributed by atoms with E-state index in [0.717, 1.165) is 43.3 Å². The highest BCUT2D eigenvalue weighted by atomic mass is 16.7. The molecule has 0 bridgehead atoms. The molecule has 1 saturated heterocycles. The topological polar surface area (TPSA) is 61.8 Å². The Morgan fingerprint density at radius 2 is 2.08 bits per heavy atom. The van der Waals surface area contributed by atoms with Crippen LogP contribution in [0.4, 0.5) is 0 Å². The minimum absolute atomic E-state index is 0.0675. The molecule has 1 saturated carbocycles. The maximum absolute atomic E-state index is 12.3. The summed E-state index contributed by atoms with van der Waals surface area (Å²) in [5, 5.41) is 0. The van der Waals surface area contributed by atoms with E-state index >= 15 is 0 Å². The van der Waals surface area contributed by atoms with Gasteiger partial charge in [-0.2, -0.15) is 0 Å². The summed E-state index contributed by atoms with van der Waals surface area (Å²) < 4.78 is 15.8. The second-order valence-electron chi connectivity index (χ2n) is 8.63. The van der Waals surface area contributed by atoms with Crippen LogP contribution in [0.25, 0.3) is 0 Å². The zero-order chi connectivity index (χ0) is 18.5. The number of esters is 2. The molecule has 0 amide bonds. The van der Waals surface area contributed by atoms with Gasteiger partial charge < -0.3 is 14.2 Å². The van der Waals surface area contributed by atoms with Gasteiger partial charge in [0.05, 0.1) is 0 Å². The second kappa shape index (κ2) is 6.22. The quantitative estimate of drug-likeness (QED) is 0.718. The van der Waals surface area contributed by atoms with Crippen molar-refractivity contribution in [2.45, 2.75) is 58.7 Å². The number of carbonyl (C=O) groups is 2. The fourth-order valence-electron chi connectivity index (χ4n) is 5.86. The molecule has 4 aliphatic rings.